The van der Waals surface area contributed by atoms with Gasteiger partial charge in [0.1, 0.15) is 23.2 Å². The second kappa shape index (κ2) is 8.07. The fourth-order valence-electron chi connectivity index (χ4n) is 2.78. The van der Waals surface area contributed by atoms with Gasteiger partial charge < -0.3 is 9.47 Å². The van der Waals surface area contributed by atoms with Gasteiger partial charge in [0.05, 0.1) is 12.8 Å². The summed E-state index contributed by atoms with van der Waals surface area (Å²) in [7, 11) is 0.0990. The molecule has 12 heteroatoms. The first kappa shape index (κ1) is 21.8. The molecule has 3 heterocycles. The SMILES string of the molecule is COc1cc(-c2c(C(F)(F)F)c(Br)nn2COCC[Si](C)(C)C)cn2ncnc12. The van der Waals surface area contributed by atoms with E-state index in [0.717, 1.165) is 6.04 Å². The average Bonchev–Trinajstić information content (AvgIpc) is 3.20. The summed E-state index contributed by atoms with van der Waals surface area (Å²) in [5.41, 5.74) is -0.374. The van der Waals surface area contributed by atoms with Crippen LogP contribution in [0.25, 0.3) is 16.9 Å². The maximum atomic E-state index is 13.8. The molecular formula is C17H21BrF3N5O2Si. The van der Waals surface area contributed by atoms with Crippen LogP contribution in [0.1, 0.15) is 5.56 Å². The summed E-state index contributed by atoms with van der Waals surface area (Å²) in [6.45, 7) is 6.96. The lowest BCUT2D eigenvalue weighted by atomic mass is 10.1. The molecule has 29 heavy (non-hydrogen) atoms. The molecule has 3 aromatic heterocycles. The van der Waals surface area contributed by atoms with Gasteiger partial charge in [-0.1, -0.05) is 19.6 Å². The highest BCUT2D eigenvalue weighted by molar-refractivity contribution is 9.10. The number of nitrogens with zero attached hydrogens (tertiary/aromatic N) is 5. The number of hydrogen-bond acceptors (Lipinski definition) is 5. The van der Waals surface area contributed by atoms with Crippen LogP contribution in [-0.2, 0) is 17.6 Å². The van der Waals surface area contributed by atoms with Gasteiger partial charge in [-0.2, -0.15) is 23.4 Å². The average molecular weight is 492 g/mol. The molecule has 0 atom stereocenters. The number of halogens is 4. The third-order valence-electron chi connectivity index (χ3n) is 4.24. The molecule has 0 fully saturated rings. The molecule has 0 amide bonds. The van der Waals surface area contributed by atoms with Crippen molar-refractivity contribution in [3.05, 3.63) is 28.8 Å². The van der Waals surface area contributed by atoms with Gasteiger partial charge in [0, 0.05) is 26.4 Å². The number of aromatic nitrogens is 5. The largest absolute Gasteiger partial charge is 0.493 e. The van der Waals surface area contributed by atoms with Crippen molar-refractivity contribution >= 4 is 29.7 Å². The van der Waals surface area contributed by atoms with Crippen molar-refractivity contribution in [1.82, 2.24) is 24.4 Å². The zero-order valence-electron chi connectivity index (χ0n) is 16.4. The standard InChI is InChI=1S/C17H21BrF3N5O2Si/c1-27-12-7-11(8-25-16(12)22-9-23-25)14-13(17(19,20)21)15(18)24-26(14)10-28-5-6-29(2,3)4/h7-9H,5-6,10H2,1-4H3. The minimum Gasteiger partial charge on any atom is -0.493 e. The Morgan fingerprint density at radius 3 is 2.59 bits per heavy atom. The number of rotatable bonds is 7. The fourth-order valence-corrected chi connectivity index (χ4v) is 4.14. The van der Waals surface area contributed by atoms with Gasteiger partial charge in [-0.3, -0.25) is 0 Å². The molecule has 0 unspecified atom stereocenters. The van der Waals surface area contributed by atoms with Crippen molar-refractivity contribution < 1.29 is 22.6 Å². The van der Waals surface area contributed by atoms with E-state index in [-0.39, 0.29) is 22.6 Å². The Labute approximate surface area is 175 Å². The molecule has 0 aliphatic heterocycles. The molecule has 0 aliphatic carbocycles. The minimum atomic E-state index is -4.62. The smallest absolute Gasteiger partial charge is 0.421 e. The summed E-state index contributed by atoms with van der Waals surface area (Å²) in [6, 6.07) is 2.39. The van der Waals surface area contributed by atoms with Crippen LogP contribution in [-0.4, -0.2) is 46.2 Å². The first-order valence-corrected chi connectivity index (χ1v) is 13.3. The van der Waals surface area contributed by atoms with Crippen molar-refractivity contribution in [3.63, 3.8) is 0 Å². The van der Waals surface area contributed by atoms with E-state index >= 15 is 0 Å². The number of ether oxygens (including phenoxy) is 2. The van der Waals surface area contributed by atoms with Crippen molar-refractivity contribution in [3.8, 4) is 17.0 Å². The lowest BCUT2D eigenvalue weighted by molar-refractivity contribution is -0.137. The van der Waals surface area contributed by atoms with Gasteiger partial charge in [-0.05, 0) is 28.0 Å². The van der Waals surface area contributed by atoms with Crippen LogP contribution in [0.15, 0.2) is 23.2 Å². The topological polar surface area (TPSA) is 66.5 Å². The number of pyridine rings is 1. The molecule has 0 bridgehead atoms. The van der Waals surface area contributed by atoms with E-state index in [0.29, 0.717) is 18.0 Å². The van der Waals surface area contributed by atoms with Gasteiger partial charge in [0.25, 0.3) is 0 Å². The van der Waals surface area contributed by atoms with E-state index in [1.54, 1.807) is 0 Å². The predicted molar refractivity (Wildman–Crippen MR) is 108 cm³/mol. The molecular weight excluding hydrogens is 471 g/mol. The van der Waals surface area contributed by atoms with Crippen LogP contribution < -0.4 is 4.74 Å². The molecule has 158 valence electrons. The summed E-state index contributed by atoms with van der Waals surface area (Å²) < 4.78 is 54.6. The highest BCUT2D eigenvalue weighted by Crippen LogP contribution is 2.42. The van der Waals surface area contributed by atoms with Crippen LogP contribution in [0, 0.1) is 0 Å². The normalized spacial score (nSPS) is 12.7. The quantitative estimate of drug-likeness (QED) is 0.354. The van der Waals surface area contributed by atoms with Crippen LogP contribution in [0.3, 0.4) is 0 Å². The zero-order valence-corrected chi connectivity index (χ0v) is 19.0. The van der Waals surface area contributed by atoms with E-state index in [1.807, 2.05) is 0 Å². The highest BCUT2D eigenvalue weighted by Gasteiger charge is 2.40. The Hall–Kier alpha value is -1.92. The number of alkyl halides is 3. The fraction of sp³-hybridized carbons (Fsp3) is 0.471. The lowest BCUT2D eigenvalue weighted by Crippen LogP contribution is -2.22. The molecule has 3 aromatic rings. The summed E-state index contributed by atoms with van der Waals surface area (Å²) in [5, 5.41) is 8.04. The molecule has 0 saturated carbocycles. The maximum absolute atomic E-state index is 13.8. The van der Waals surface area contributed by atoms with Gasteiger partial charge in [0.15, 0.2) is 11.4 Å². The maximum Gasteiger partial charge on any atom is 0.421 e. The lowest BCUT2D eigenvalue weighted by Gasteiger charge is -2.16. The summed E-state index contributed by atoms with van der Waals surface area (Å²) in [4.78, 5) is 4.06. The summed E-state index contributed by atoms with van der Waals surface area (Å²) in [6.07, 6.45) is -1.85. The Kier molecular flexibility index (Phi) is 6.06. The van der Waals surface area contributed by atoms with Gasteiger partial charge in [-0.15, -0.1) is 0 Å². The number of fused-ring (bicyclic) bond motifs is 1. The zero-order chi connectivity index (χ0) is 21.4. The van der Waals surface area contributed by atoms with Crippen LogP contribution in [0.2, 0.25) is 25.7 Å². The van der Waals surface area contributed by atoms with Crippen LogP contribution in [0.4, 0.5) is 13.2 Å². The molecule has 0 N–H and O–H groups in total. The van der Waals surface area contributed by atoms with E-state index in [2.05, 4.69) is 50.8 Å². The van der Waals surface area contributed by atoms with Gasteiger partial charge in [-0.25, -0.2) is 14.2 Å². The Balaban J connectivity index is 2.06. The number of hydrogen-bond donors (Lipinski definition) is 0. The molecule has 0 spiro atoms. The van der Waals surface area contributed by atoms with Crippen molar-refractivity contribution in [2.45, 2.75) is 38.6 Å². The molecule has 3 rings (SSSR count). The van der Waals surface area contributed by atoms with E-state index in [1.165, 1.54) is 34.9 Å². The molecule has 0 saturated heterocycles. The van der Waals surface area contributed by atoms with E-state index in [4.69, 9.17) is 9.47 Å². The first-order chi connectivity index (χ1) is 13.5. The van der Waals surface area contributed by atoms with Crippen molar-refractivity contribution in [1.29, 1.82) is 0 Å². The van der Waals surface area contributed by atoms with Crippen molar-refractivity contribution in [2.75, 3.05) is 13.7 Å². The second-order valence-corrected chi connectivity index (χ2v) is 14.1. The summed E-state index contributed by atoms with van der Waals surface area (Å²) in [5.74, 6) is 0.302. The second-order valence-electron chi connectivity index (χ2n) is 7.69. The van der Waals surface area contributed by atoms with Crippen LogP contribution >= 0.6 is 15.9 Å². The number of methoxy groups -OCH3 is 1. The third-order valence-corrected chi connectivity index (χ3v) is 6.50. The van der Waals surface area contributed by atoms with Gasteiger partial charge in [0.2, 0.25) is 0 Å². The van der Waals surface area contributed by atoms with E-state index in [9.17, 15) is 13.2 Å². The van der Waals surface area contributed by atoms with Gasteiger partial charge >= 0.3 is 6.18 Å². The molecule has 0 aromatic carbocycles. The summed E-state index contributed by atoms with van der Waals surface area (Å²) >= 11 is 2.95. The Morgan fingerprint density at radius 1 is 1.24 bits per heavy atom. The minimum absolute atomic E-state index is 0.105. The third kappa shape index (κ3) is 4.81. The molecule has 7 nitrogen and oxygen atoms in total. The monoisotopic (exact) mass is 491 g/mol. The van der Waals surface area contributed by atoms with Crippen molar-refractivity contribution in [2.24, 2.45) is 0 Å². The Bertz CT molecular complexity index is 1010. The van der Waals surface area contributed by atoms with E-state index < -0.39 is 19.8 Å². The molecule has 0 radical (unpaired) electrons. The predicted octanol–water partition coefficient (Wildman–Crippen LogP) is 4.70. The highest BCUT2D eigenvalue weighted by atomic mass is 79.9. The Morgan fingerprint density at radius 2 is 1.97 bits per heavy atom. The van der Waals surface area contributed by atoms with Crippen LogP contribution in [0.5, 0.6) is 5.75 Å². The first-order valence-electron chi connectivity index (χ1n) is 8.80. The molecule has 0 aliphatic rings.